The highest BCUT2D eigenvalue weighted by molar-refractivity contribution is 7.89. The van der Waals surface area contributed by atoms with Crippen LogP contribution in [0.15, 0.2) is 41.3 Å². The van der Waals surface area contributed by atoms with Crippen LogP contribution in [-0.2, 0) is 24.5 Å². The van der Waals surface area contributed by atoms with E-state index in [1.165, 1.54) is 32.1 Å². The summed E-state index contributed by atoms with van der Waals surface area (Å²) in [6.07, 6.45) is 11.5. The molecule has 9 heteroatoms. The minimum absolute atomic E-state index is 0.327. The summed E-state index contributed by atoms with van der Waals surface area (Å²) in [6, 6.07) is 11.6. The van der Waals surface area contributed by atoms with Gasteiger partial charge in [0.25, 0.3) is 0 Å². The zero-order valence-corrected chi connectivity index (χ0v) is 25.7. The molecule has 1 heterocycles. The molecule has 2 spiro atoms. The van der Waals surface area contributed by atoms with Gasteiger partial charge >= 0.3 is 0 Å². The second-order valence-corrected chi connectivity index (χ2v) is 14.7. The van der Waals surface area contributed by atoms with Crippen LogP contribution in [0.4, 0.5) is 5.69 Å². The predicted octanol–water partition coefficient (Wildman–Crippen LogP) is 5.71. The molecule has 41 heavy (non-hydrogen) atoms. The summed E-state index contributed by atoms with van der Waals surface area (Å²) in [5.41, 5.74) is 1.000. The number of benzene rings is 2. The third-order valence-corrected chi connectivity index (χ3v) is 11.7. The van der Waals surface area contributed by atoms with Crippen molar-refractivity contribution in [2.75, 3.05) is 32.1 Å². The van der Waals surface area contributed by atoms with Crippen molar-refractivity contribution in [1.82, 2.24) is 10.0 Å². The molecule has 3 saturated carbocycles. The van der Waals surface area contributed by atoms with Crippen molar-refractivity contribution in [1.29, 1.82) is 0 Å². The lowest BCUT2D eigenvalue weighted by Crippen LogP contribution is -2.54. The molecule has 0 aromatic heterocycles. The molecule has 3 aliphatic carbocycles. The highest BCUT2D eigenvalue weighted by atomic mass is 32.2. The van der Waals surface area contributed by atoms with E-state index in [9.17, 15) is 8.42 Å². The van der Waals surface area contributed by atoms with Crippen molar-refractivity contribution in [2.24, 2.45) is 17.8 Å². The lowest BCUT2D eigenvalue weighted by Gasteiger charge is -2.49. The number of sulfonamides is 1. The summed E-state index contributed by atoms with van der Waals surface area (Å²) in [5, 5.41) is 5.31. The van der Waals surface area contributed by atoms with Gasteiger partial charge in [0.05, 0.1) is 4.90 Å². The average molecular weight is 586 g/mol. The lowest BCUT2D eigenvalue weighted by atomic mass is 9.63. The van der Waals surface area contributed by atoms with E-state index in [4.69, 9.17) is 14.5 Å². The highest BCUT2D eigenvalue weighted by Crippen LogP contribution is 2.57. The van der Waals surface area contributed by atoms with E-state index in [2.05, 4.69) is 17.0 Å². The number of hydrogen-bond donors (Lipinski definition) is 2. The third kappa shape index (κ3) is 5.66. The fourth-order valence-corrected chi connectivity index (χ4v) is 9.30. The zero-order chi connectivity index (χ0) is 28.7. The van der Waals surface area contributed by atoms with Gasteiger partial charge in [-0.05, 0) is 69.5 Å². The van der Waals surface area contributed by atoms with Crippen molar-refractivity contribution < 1.29 is 22.9 Å². The van der Waals surface area contributed by atoms with Gasteiger partial charge in [0, 0.05) is 67.8 Å². The quantitative estimate of drug-likeness (QED) is 0.288. The summed E-state index contributed by atoms with van der Waals surface area (Å²) in [4.78, 5) is 14.6. The standard InChI is InChI=1S/C32H47N3O5S/c1-4-24-21-23-9-5-10-25(22-23)32(24)38-31(39-40-32)17-15-26(16-18-31)33-19-8-20-34-41(36,37)30-14-7-11-27-28(30)12-6-13-29(27)35(2)3/h6-7,11-14,23-26,33-34H,4-5,8-10,15-22H2,1-3H3. The van der Waals surface area contributed by atoms with Gasteiger partial charge < -0.3 is 15.0 Å². The molecule has 226 valence electrons. The molecule has 1 saturated heterocycles. The van der Waals surface area contributed by atoms with Crippen molar-refractivity contribution >= 4 is 26.5 Å². The van der Waals surface area contributed by atoms with Crippen LogP contribution in [0.1, 0.15) is 77.6 Å². The number of hydrogen-bond acceptors (Lipinski definition) is 7. The molecule has 2 bridgehead atoms. The van der Waals surface area contributed by atoms with Gasteiger partial charge in [0.15, 0.2) is 0 Å². The van der Waals surface area contributed by atoms with Crippen LogP contribution in [-0.4, -0.2) is 53.2 Å². The molecule has 2 N–H and O–H groups in total. The van der Waals surface area contributed by atoms with Gasteiger partial charge in [0.1, 0.15) is 0 Å². The summed E-state index contributed by atoms with van der Waals surface area (Å²) in [5.74, 6) is 0.509. The Balaban J connectivity index is 0.980. The van der Waals surface area contributed by atoms with E-state index in [1.54, 1.807) is 6.07 Å². The van der Waals surface area contributed by atoms with Gasteiger partial charge in [-0.3, -0.25) is 0 Å². The monoisotopic (exact) mass is 585 g/mol. The Kier molecular flexibility index (Phi) is 8.39. The Labute approximate surface area is 245 Å². The molecule has 0 amide bonds. The van der Waals surface area contributed by atoms with E-state index >= 15 is 0 Å². The van der Waals surface area contributed by atoms with Crippen molar-refractivity contribution in [3.05, 3.63) is 36.4 Å². The fraction of sp³-hybridized carbons (Fsp3) is 0.688. The first-order valence-electron chi connectivity index (χ1n) is 15.7. The number of rotatable bonds is 9. The van der Waals surface area contributed by atoms with Crippen LogP contribution in [0.25, 0.3) is 10.8 Å². The fourth-order valence-electron chi connectivity index (χ4n) is 8.01. The maximum Gasteiger partial charge on any atom is 0.241 e. The maximum atomic E-state index is 13.2. The normalized spacial score (nSPS) is 33.5. The van der Waals surface area contributed by atoms with Crippen LogP contribution >= 0.6 is 0 Å². The SMILES string of the molecule is CCC1CC2CCCC(C2)C12OOC1(CCC(NCCCNS(=O)(=O)c3cccc4c(N(C)C)cccc34)CC1)O2. The molecular formula is C32H47N3O5S. The molecular weight excluding hydrogens is 538 g/mol. The zero-order valence-electron chi connectivity index (χ0n) is 24.9. The molecule has 8 nitrogen and oxygen atoms in total. The number of nitrogens with one attached hydrogen (secondary N) is 2. The van der Waals surface area contributed by atoms with Gasteiger partial charge in [0.2, 0.25) is 21.6 Å². The molecule has 2 aromatic rings. The second kappa shape index (κ2) is 11.7. The molecule has 1 aliphatic heterocycles. The van der Waals surface area contributed by atoms with E-state index in [1.807, 2.05) is 49.3 Å². The predicted molar refractivity (Wildman–Crippen MR) is 161 cm³/mol. The summed E-state index contributed by atoms with van der Waals surface area (Å²) >= 11 is 0. The Morgan fingerprint density at radius 1 is 0.951 bits per heavy atom. The van der Waals surface area contributed by atoms with Gasteiger partial charge in [-0.1, -0.05) is 44.0 Å². The lowest BCUT2D eigenvalue weighted by molar-refractivity contribution is -0.381. The molecule has 2 aromatic carbocycles. The Hall–Kier alpha value is -1.75. The van der Waals surface area contributed by atoms with Crippen LogP contribution in [0.5, 0.6) is 0 Å². The van der Waals surface area contributed by atoms with E-state index in [0.717, 1.165) is 67.4 Å². The molecule has 4 atom stereocenters. The second-order valence-electron chi connectivity index (χ2n) is 13.0. The summed E-state index contributed by atoms with van der Waals surface area (Å²) in [6.45, 7) is 3.40. The first kappa shape index (κ1) is 29.3. The number of fused-ring (bicyclic) bond motifs is 4. The Morgan fingerprint density at radius 2 is 1.73 bits per heavy atom. The molecule has 6 rings (SSSR count). The minimum Gasteiger partial charge on any atom is -0.377 e. The largest absolute Gasteiger partial charge is 0.377 e. The van der Waals surface area contributed by atoms with Crippen LogP contribution in [0, 0.1) is 17.8 Å². The highest BCUT2D eigenvalue weighted by Gasteiger charge is 2.63. The number of nitrogens with zero attached hydrogens (tertiary/aromatic N) is 1. The topological polar surface area (TPSA) is 89.1 Å². The smallest absolute Gasteiger partial charge is 0.241 e. The van der Waals surface area contributed by atoms with E-state index < -0.39 is 21.6 Å². The van der Waals surface area contributed by atoms with E-state index in [-0.39, 0.29) is 0 Å². The van der Waals surface area contributed by atoms with Gasteiger partial charge in [-0.15, -0.1) is 0 Å². The maximum absolute atomic E-state index is 13.2. The van der Waals surface area contributed by atoms with Gasteiger partial charge in [-0.2, -0.15) is 9.78 Å². The Bertz CT molecular complexity index is 1320. The van der Waals surface area contributed by atoms with Crippen molar-refractivity contribution in [3.63, 3.8) is 0 Å². The number of anilines is 1. The average Bonchev–Trinajstić information content (AvgIpc) is 3.35. The third-order valence-electron chi connectivity index (χ3n) is 10.2. The Morgan fingerprint density at radius 3 is 2.51 bits per heavy atom. The van der Waals surface area contributed by atoms with Gasteiger partial charge in [-0.25, -0.2) is 13.1 Å². The van der Waals surface area contributed by atoms with E-state index in [0.29, 0.717) is 29.3 Å². The van der Waals surface area contributed by atoms with Crippen LogP contribution in [0.2, 0.25) is 0 Å². The first-order valence-corrected chi connectivity index (χ1v) is 17.2. The summed E-state index contributed by atoms with van der Waals surface area (Å²) in [7, 11) is 0.313. The number of ether oxygens (including phenoxy) is 1. The first-order chi connectivity index (χ1) is 19.8. The molecule has 4 fully saturated rings. The van der Waals surface area contributed by atoms with Crippen LogP contribution in [0.3, 0.4) is 0 Å². The molecule has 4 unspecified atom stereocenters. The van der Waals surface area contributed by atoms with Crippen molar-refractivity contribution in [2.45, 2.75) is 100 Å². The molecule has 4 aliphatic rings. The minimum atomic E-state index is -3.62. The summed E-state index contributed by atoms with van der Waals surface area (Å²) < 4.78 is 36.1. The van der Waals surface area contributed by atoms with Crippen LogP contribution < -0.4 is 14.9 Å². The van der Waals surface area contributed by atoms with Crippen molar-refractivity contribution in [3.8, 4) is 0 Å². The molecule has 0 radical (unpaired) electrons.